The van der Waals surface area contributed by atoms with Gasteiger partial charge in [0.25, 0.3) is 0 Å². The summed E-state index contributed by atoms with van der Waals surface area (Å²) in [6, 6.07) is 19.6. The van der Waals surface area contributed by atoms with Crippen LogP contribution in [-0.2, 0) is 16.0 Å². The summed E-state index contributed by atoms with van der Waals surface area (Å²) in [7, 11) is 0. The van der Waals surface area contributed by atoms with Crippen LogP contribution in [0.25, 0.3) is 11.1 Å². The van der Waals surface area contributed by atoms with Gasteiger partial charge in [-0.3, -0.25) is 9.59 Å². The highest BCUT2D eigenvalue weighted by molar-refractivity contribution is 6.01. The summed E-state index contributed by atoms with van der Waals surface area (Å²) in [6.45, 7) is 2.82. The van der Waals surface area contributed by atoms with Crippen LogP contribution in [0.2, 0.25) is 0 Å². The minimum absolute atomic E-state index is 0.0646. The van der Waals surface area contributed by atoms with Crippen molar-refractivity contribution < 1.29 is 14.1 Å². The van der Waals surface area contributed by atoms with Crippen LogP contribution in [0.5, 0.6) is 0 Å². The number of nitrogens with zero attached hydrogens (tertiary/aromatic N) is 3. The van der Waals surface area contributed by atoms with E-state index >= 15 is 0 Å². The third-order valence-electron chi connectivity index (χ3n) is 4.86. The Hall–Kier alpha value is -3.41. The number of hydrogen-bond donors (Lipinski definition) is 0. The Morgan fingerprint density at radius 3 is 2.54 bits per heavy atom. The maximum absolute atomic E-state index is 12.8. The summed E-state index contributed by atoms with van der Waals surface area (Å²) in [5.74, 6) is 0.309. The number of aryl methyl sites for hydroxylation is 1. The molecule has 2 aromatic carbocycles. The molecule has 0 radical (unpaired) electrons. The number of rotatable bonds is 4. The quantitative estimate of drug-likeness (QED) is 0.703. The van der Waals surface area contributed by atoms with E-state index in [1.807, 2.05) is 61.5 Å². The number of amides is 2. The van der Waals surface area contributed by atoms with Gasteiger partial charge in [0.05, 0.1) is 17.8 Å². The number of benzene rings is 2. The van der Waals surface area contributed by atoms with E-state index in [1.54, 1.807) is 15.9 Å². The van der Waals surface area contributed by atoms with Crippen molar-refractivity contribution in [2.45, 2.75) is 13.3 Å². The molecule has 3 aromatic rings. The Labute approximate surface area is 163 Å². The molecule has 1 aromatic heterocycles. The van der Waals surface area contributed by atoms with E-state index in [4.69, 9.17) is 4.52 Å². The molecule has 0 bridgehead atoms. The molecule has 1 aliphatic rings. The lowest BCUT2D eigenvalue weighted by molar-refractivity contribution is -0.136. The Morgan fingerprint density at radius 2 is 1.82 bits per heavy atom. The van der Waals surface area contributed by atoms with Gasteiger partial charge >= 0.3 is 0 Å². The molecule has 1 aliphatic heterocycles. The zero-order valence-corrected chi connectivity index (χ0v) is 15.7. The highest BCUT2D eigenvalue weighted by atomic mass is 16.5. The second-order valence-electron chi connectivity index (χ2n) is 6.86. The van der Waals surface area contributed by atoms with Crippen LogP contribution in [-0.4, -0.2) is 41.5 Å². The monoisotopic (exact) mass is 375 g/mol. The van der Waals surface area contributed by atoms with Crippen molar-refractivity contribution in [3.8, 4) is 11.1 Å². The molecule has 0 saturated carbocycles. The fourth-order valence-corrected chi connectivity index (χ4v) is 3.47. The maximum atomic E-state index is 12.8. The SMILES string of the molecule is Cc1cc(CC(=O)N2CCN(c3ccccc3-c3ccccc3)C(=O)C2)on1. The highest BCUT2D eigenvalue weighted by Gasteiger charge is 2.29. The van der Waals surface area contributed by atoms with E-state index in [0.717, 1.165) is 22.5 Å². The van der Waals surface area contributed by atoms with Gasteiger partial charge in [-0.05, 0) is 18.6 Å². The normalized spacial score (nSPS) is 14.4. The van der Waals surface area contributed by atoms with Gasteiger partial charge in [-0.1, -0.05) is 53.7 Å². The van der Waals surface area contributed by atoms with Crippen molar-refractivity contribution >= 4 is 17.5 Å². The molecule has 0 spiro atoms. The van der Waals surface area contributed by atoms with E-state index in [2.05, 4.69) is 5.16 Å². The number of hydrogen-bond acceptors (Lipinski definition) is 4. The van der Waals surface area contributed by atoms with Crippen LogP contribution >= 0.6 is 0 Å². The lowest BCUT2D eigenvalue weighted by Gasteiger charge is -2.35. The second-order valence-corrected chi connectivity index (χ2v) is 6.86. The Bertz CT molecular complexity index is 997. The molecular weight excluding hydrogens is 354 g/mol. The van der Waals surface area contributed by atoms with E-state index in [-0.39, 0.29) is 24.8 Å². The average molecular weight is 375 g/mol. The van der Waals surface area contributed by atoms with Gasteiger partial charge in [0.15, 0.2) is 0 Å². The molecule has 0 unspecified atom stereocenters. The lowest BCUT2D eigenvalue weighted by atomic mass is 10.0. The molecule has 0 N–H and O–H groups in total. The number of carbonyl (C=O) groups is 2. The fourth-order valence-electron chi connectivity index (χ4n) is 3.47. The minimum Gasteiger partial charge on any atom is -0.361 e. The summed E-state index contributed by atoms with van der Waals surface area (Å²) in [5, 5.41) is 3.80. The predicted molar refractivity (Wildman–Crippen MR) is 106 cm³/mol. The first-order valence-corrected chi connectivity index (χ1v) is 9.26. The molecule has 2 amide bonds. The summed E-state index contributed by atoms with van der Waals surface area (Å²) in [6.07, 6.45) is 0.120. The number of anilines is 1. The zero-order valence-electron chi connectivity index (χ0n) is 15.7. The highest BCUT2D eigenvalue weighted by Crippen LogP contribution is 2.31. The predicted octanol–water partition coefficient (Wildman–Crippen LogP) is 3.07. The topological polar surface area (TPSA) is 66.7 Å². The number of aromatic nitrogens is 1. The van der Waals surface area contributed by atoms with Crippen molar-refractivity contribution in [3.63, 3.8) is 0 Å². The lowest BCUT2D eigenvalue weighted by Crippen LogP contribution is -2.52. The summed E-state index contributed by atoms with van der Waals surface area (Å²) in [5.41, 5.74) is 3.68. The van der Waals surface area contributed by atoms with Gasteiger partial charge in [0, 0.05) is 24.7 Å². The van der Waals surface area contributed by atoms with Crippen LogP contribution < -0.4 is 4.90 Å². The van der Waals surface area contributed by atoms with E-state index in [0.29, 0.717) is 18.8 Å². The molecule has 6 heteroatoms. The average Bonchev–Trinajstić information content (AvgIpc) is 3.13. The Balaban J connectivity index is 1.50. The minimum atomic E-state index is -0.125. The van der Waals surface area contributed by atoms with Crippen LogP contribution in [0, 0.1) is 6.92 Å². The van der Waals surface area contributed by atoms with Crippen LogP contribution in [0.15, 0.2) is 65.2 Å². The maximum Gasteiger partial charge on any atom is 0.246 e. The summed E-state index contributed by atoms with van der Waals surface area (Å²) >= 11 is 0. The number of carbonyl (C=O) groups excluding carboxylic acids is 2. The van der Waals surface area contributed by atoms with Crippen molar-refractivity contribution in [1.82, 2.24) is 10.1 Å². The Morgan fingerprint density at radius 1 is 1.07 bits per heavy atom. The van der Waals surface area contributed by atoms with E-state index in [1.165, 1.54) is 0 Å². The van der Waals surface area contributed by atoms with Crippen LogP contribution in [0.4, 0.5) is 5.69 Å². The number of para-hydroxylation sites is 1. The van der Waals surface area contributed by atoms with Crippen molar-refractivity contribution in [2.75, 3.05) is 24.5 Å². The van der Waals surface area contributed by atoms with Gasteiger partial charge in [0.1, 0.15) is 12.3 Å². The molecule has 4 rings (SSSR count). The molecule has 2 heterocycles. The van der Waals surface area contributed by atoms with E-state index < -0.39 is 0 Å². The van der Waals surface area contributed by atoms with Crippen molar-refractivity contribution in [3.05, 3.63) is 72.1 Å². The molecule has 28 heavy (non-hydrogen) atoms. The van der Waals surface area contributed by atoms with Crippen LogP contribution in [0.1, 0.15) is 11.5 Å². The summed E-state index contributed by atoms with van der Waals surface area (Å²) in [4.78, 5) is 28.7. The Kier molecular flexibility index (Phi) is 4.93. The van der Waals surface area contributed by atoms with Crippen molar-refractivity contribution in [1.29, 1.82) is 0 Å². The first-order chi connectivity index (χ1) is 13.6. The summed E-state index contributed by atoms with van der Waals surface area (Å²) < 4.78 is 5.11. The largest absolute Gasteiger partial charge is 0.361 e. The van der Waals surface area contributed by atoms with Gasteiger partial charge in [0.2, 0.25) is 11.8 Å². The second kappa shape index (κ2) is 7.68. The van der Waals surface area contributed by atoms with Crippen LogP contribution in [0.3, 0.4) is 0 Å². The first-order valence-electron chi connectivity index (χ1n) is 9.26. The van der Waals surface area contributed by atoms with Crippen molar-refractivity contribution in [2.24, 2.45) is 0 Å². The van der Waals surface area contributed by atoms with Gasteiger partial charge in [-0.15, -0.1) is 0 Å². The standard InChI is InChI=1S/C22H21N3O3/c1-16-13-18(28-23-16)14-21(26)24-11-12-25(22(27)15-24)20-10-6-5-9-19(20)17-7-3-2-4-8-17/h2-10,13H,11-12,14-15H2,1H3. The smallest absolute Gasteiger partial charge is 0.246 e. The molecule has 142 valence electrons. The third-order valence-corrected chi connectivity index (χ3v) is 4.86. The number of piperazine rings is 1. The fraction of sp³-hybridized carbons (Fsp3) is 0.227. The third kappa shape index (κ3) is 3.67. The molecular formula is C22H21N3O3. The van der Waals surface area contributed by atoms with Gasteiger partial charge in [-0.25, -0.2) is 0 Å². The van der Waals surface area contributed by atoms with Gasteiger partial charge in [-0.2, -0.15) is 0 Å². The van der Waals surface area contributed by atoms with E-state index in [9.17, 15) is 9.59 Å². The molecule has 6 nitrogen and oxygen atoms in total. The molecule has 0 aliphatic carbocycles. The molecule has 0 atom stereocenters. The molecule has 1 fully saturated rings. The first kappa shape index (κ1) is 18.0. The zero-order chi connectivity index (χ0) is 19.5. The van der Waals surface area contributed by atoms with Gasteiger partial charge < -0.3 is 14.3 Å². The molecule has 1 saturated heterocycles.